The molecule has 1 aliphatic heterocycles. The average molecular weight is 240 g/mol. The maximum atomic E-state index is 11.6. The van der Waals surface area contributed by atoms with Crippen molar-refractivity contribution >= 4 is 17.8 Å². The van der Waals surface area contributed by atoms with E-state index in [1.807, 2.05) is 0 Å². The van der Waals surface area contributed by atoms with E-state index in [-0.39, 0.29) is 43.6 Å². The molecule has 0 aromatic carbocycles. The van der Waals surface area contributed by atoms with Gasteiger partial charge < -0.3 is 14.5 Å². The molecule has 0 spiro atoms. The van der Waals surface area contributed by atoms with E-state index < -0.39 is 5.97 Å². The zero-order valence-corrected chi connectivity index (χ0v) is 10.1. The smallest absolute Gasteiger partial charge is 0.335 e. The maximum absolute atomic E-state index is 11.6. The van der Waals surface area contributed by atoms with Gasteiger partial charge in [-0.1, -0.05) is 6.58 Å². The molecule has 1 saturated heterocycles. The number of hydrogen-bond acceptors (Lipinski definition) is 4. The first-order valence-corrected chi connectivity index (χ1v) is 5.32. The number of carbonyl (C=O) groups excluding carboxylic acids is 3. The summed E-state index contributed by atoms with van der Waals surface area (Å²) >= 11 is 0. The Balaban J connectivity index is 2.57. The summed E-state index contributed by atoms with van der Waals surface area (Å²) in [6.07, 6.45) is 0. The van der Waals surface area contributed by atoms with Crippen LogP contribution in [0.1, 0.15) is 6.92 Å². The Kier molecular flexibility index (Phi) is 4.25. The third kappa shape index (κ3) is 3.30. The zero-order valence-electron chi connectivity index (χ0n) is 10.1. The van der Waals surface area contributed by atoms with Crippen molar-refractivity contribution in [3.05, 3.63) is 12.2 Å². The van der Waals surface area contributed by atoms with Crippen LogP contribution in [0, 0.1) is 0 Å². The van der Waals surface area contributed by atoms with Crippen molar-refractivity contribution in [2.45, 2.75) is 6.92 Å². The Morgan fingerprint density at radius 3 is 2.59 bits per heavy atom. The first-order chi connectivity index (χ1) is 7.95. The van der Waals surface area contributed by atoms with Gasteiger partial charge in [0.25, 0.3) is 0 Å². The van der Waals surface area contributed by atoms with Gasteiger partial charge in [0.1, 0.15) is 6.54 Å². The summed E-state index contributed by atoms with van der Waals surface area (Å²) < 4.78 is 4.76. The largest absolute Gasteiger partial charge is 0.463 e. The monoisotopic (exact) mass is 240 g/mol. The lowest BCUT2D eigenvalue weighted by Gasteiger charge is -2.31. The Bertz CT molecular complexity index is 364. The summed E-state index contributed by atoms with van der Waals surface area (Å²) in [5.41, 5.74) is 0.178. The maximum Gasteiger partial charge on any atom is 0.335 e. The summed E-state index contributed by atoms with van der Waals surface area (Å²) in [4.78, 5) is 37.0. The topological polar surface area (TPSA) is 66.9 Å². The molecule has 0 aromatic heterocycles. The van der Waals surface area contributed by atoms with Crippen LogP contribution in [0.3, 0.4) is 0 Å². The Hall–Kier alpha value is -1.85. The second kappa shape index (κ2) is 5.47. The van der Waals surface area contributed by atoms with Gasteiger partial charge in [0.05, 0.1) is 19.7 Å². The van der Waals surface area contributed by atoms with Gasteiger partial charge in [-0.2, -0.15) is 0 Å². The first kappa shape index (κ1) is 13.2. The van der Waals surface area contributed by atoms with Gasteiger partial charge in [0, 0.05) is 12.6 Å². The summed E-state index contributed by atoms with van der Waals surface area (Å²) in [6, 6.07) is 0. The summed E-state index contributed by atoms with van der Waals surface area (Å²) in [5.74, 6) is -0.884. The predicted molar refractivity (Wildman–Crippen MR) is 60.0 cm³/mol. The van der Waals surface area contributed by atoms with Crippen LogP contribution in [-0.2, 0) is 19.1 Å². The minimum atomic E-state index is -0.535. The van der Waals surface area contributed by atoms with Crippen molar-refractivity contribution in [3.8, 4) is 0 Å². The number of hydrogen-bond donors (Lipinski definition) is 0. The number of nitrogens with zero attached hydrogens (tertiary/aromatic N) is 2. The number of carbonyl (C=O) groups is 3. The Morgan fingerprint density at radius 2 is 2.00 bits per heavy atom. The van der Waals surface area contributed by atoms with Gasteiger partial charge in [-0.3, -0.25) is 9.59 Å². The lowest BCUT2D eigenvalue weighted by molar-refractivity contribution is -0.149. The van der Waals surface area contributed by atoms with E-state index in [2.05, 4.69) is 6.58 Å². The van der Waals surface area contributed by atoms with E-state index in [4.69, 9.17) is 4.74 Å². The van der Waals surface area contributed by atoms with Crippen LogP contribution in [0.2, 0.25) is 0 Å². The van der Waals surface area contributed by atoms with Crippen molar-refractivity contribution in [1.29, 1.82) is 0 Å². The van der Waals surface area contributed by atoms with Crippen LogP contribution in [0.4, 0.5) is 0 Å². The highest BCUT2D eigenvalue weighted by molar-refractivity contribution is 5.94. The number of rotatable bonds is 4. The minimum absolute atomic E-state index is 0.0201. The lowest BCUT2D eigenvalue weighted by Crippen LogP contribution is -2.52. The molecule has 0 radical (unpaired) electrons. The van der Waals surface area contributed by atoms with Crippen molar-refractivity contribution in [3.63, 3.8) is 0 Å². The lowest BCUT2D eigenvalue weighted by atomic mass is 10.2. The zero-order chi connectivity index (χ0) is 13.0. The van der Waals surface area contributed by atoms with Gasteiger partial charge in [-0.15, -0.1) is 0 Å². The third-order valence-electron chi connectivity index (χ3n) is 2.42. The van der Waals surface area contributed by atoms with Crippen molar-refractivity contribution in [2.75, 3.05) is 33.3 Å². The molecule has 0 aromatic rings. The standard InChI is InChI=1S/C11H16N2O4/c1-4-17-11(16)8(2)5-13-7-9(14)12(3)6-10(13)15/h2,4-7H2,1,3H3. The molecule has 1 fully saturated rings. The Labute approximate surface area is 99.8 Å². The van der Waals surface area contributed by atoms with Gasteiger partial charge in [0.2, 0.25) is 11.8 Å². The number of likely N-dealkylation sites (N-methyl/N-ethyl adjacent to an activating group) is 1. The van der Waals surface area contributed by atoms with E-state index in [1.165, 1.54) is 9.80 Å². The van der Waals surface area contributed by atoms with E-state index in [9.17, 15) is 14.4 Å². The molecular formula is C11H16N2O4. The SMILES string of the molecule is C=C(CN1CC(=O)N(C)CC1=O)C(=O)OCC. The first-order valence-electron chi connectivity index (χ1n) is 5.32. The Morgan fingerprint density at radius 1 is 1.35 bits per heavy atom. The molecule has 0 saturated carbocycles. The van der Waals surface area contributed by atoms with Gasteiger partial charge in [-0.05, 0) is 6.92 Å². The number of piperazine rings is 1. The molecule has 0 aliphatic carbocycles. The van der Waals surface area contributed by atoms with Crippen molar-refractivity contribution < 1.29 is 19.1 Å². The van der Waals surface area contributed by atoms with Crippen LogP contribution in [0.15, 0.2) is 12.2 Å². The van der Waals surface area contributed by atoms with Crippen molar-refractivity contribution in [1.82, 2.24) is 9.80 Å². The van der Waals surface area contributed by atoms with Crippen LogP contribution in [-0.4, -0.2) is 60.9 Å². The highest BCUT2D eigenvalue weighted by Crippen LogP contribution is 2.06. The predicted octanol–water partition coefficient (Wildman–Crippen LogP) is -0.594. The van der Waals surface area contributed by atoms with Gasteiger partial charge >= 0.3 is 5.97 Å². The second-order valence-electron chi connectivity index (χ2n) is 3.82. The molecular weight excluding hydrogens is 224 g/mol. The fraction of sp³-hybridized carbons (Fsp3) is 0.545. The normalized spacial score (nSPS) is 16.1. The molecule has 0 unspecified atom stereocenters. The van der Waals surface area contributed by atoms with Crippen LogP contribution < -0.4 is 0 Å². The summed E-state index contributed by atoms with van der Waals surface area (Å²) in [5, 5.41) is 0. The van der Waals surface area contributed by atoms with Crippen LogP contribution in [0.25, 0.3) is 0 Å². The molecule has 94 valence electrons. The van der Waals surface area contributed by atoms with Gasteiger partial charge in [-0.25, -0.2) is 4.79 Å². The quantitative estimate of drug-likeness (QED) is 0.486. The van der Waals surface area contributed by atoms with Crippen molar-refractivity contribution in [2.24, 2.45) is 0 Å². The molecule has 2 amide bonds. The number of esters is 1. The fourth-order valence-corrected chi connectivity index (χ4v) is 1.44. The molecule has 1 aliphatic rings. The van der Waals surface area contributed by atoms with Crippen LogP contribution >= 0.6 is 0 Å². The molecule has 1 heterocycles. The van der Waals surface area contributed by atoms with E-state index in [0.717, 1.165) is 0 Å². The summed E-state index contributed by atoms with van der Waals surface area (Å²) in [7, 11) is 1.57. The fourth-order valence-electron chi connectivity index (χ4n) is 1.44. The molecule has 0 atom stereocenters. The molecule has 0 bridgehead atoms. The highest BCUT2D eigenvalue weighted by Gasteiger charge is 2.28. The highest BCUT2D eigenvalue weighted by atomic mass is 16.5. The van der Waals surface area contributed by atoms with E-state index in [0.29, 0.717) is 0 Å². The molecule has 17 heavy (non-hydrogen) atoms. The molecule has 6 nitrogen and oxygen atoms in total. The number of amides is 2. The second-order valence-corrected chi connectivity index (χ2v) is 3.82. The van der Waals surface area contributed by atoms with Crippen LogP contribution in [0.5, 0.6) is 0 Å². The molecule has 1 rings (SSSR count). The van der Waals surface area contributed by atoms with Gasteiger partial charge in [0.15, 0.2) is 0 Å². The van der Waals surface area contributed by atoms with E-state index in [1.54, 1.807) is 14.0 Å². The van der Waals surface area contributed by atoms with E-state index >= 15 is 0 Å². The molecule has 0 N–H and O–H groups in total. The average Bonchev–Trinajstić information content (AvgIpc) is 2.26. The third-order valence-corrected chi connectivity index (χ3v) is 2.42. The molecule has 6 heteroatoms. The summed E-state index contributed by atoms with van der Waals surface area (Å²) in [6.45, 7) is 5.56. The minimum Gasteiger partial charge on any atom is -0.463 e. The number of ether oxygens (including phenoxy) is 1.